The number of carbonyl (C=O) groups excluding carboxylic acids is 1. The molecule has 0 amide bonds. The number of nitro groups is 1. The number of nitro benzene ring substituents is 1. The van der Waals surface area contributed by atoms with Gasteiger partial charge >= 0.3 is 5.97 Å². The number of esters is 1. The van der Waals surface area contributed by atoms with Gasteiger partial charge < -0.3 is 4.74 Å². The van der Waals surface area contributed by atoms with E-state index in [1.54, 1.807) is 0 Å². The molecule has 3 saturated carbocycles. The molecule has 0 aliphatic heterocycles. The number of rotatable bonds is 3. The van der Waals surface area contributed by atoms with Crippen molar-refractivity contribution in [1.82, 2.24) is 0 Å². The van der Waals surface area contributed by atoms with E-state index in [1.807, 2.05) is 0 Å². The summed E-state index contributed by atoms with van der Waals surface area (Å²) in [5.41, 5.74) is 0.388. The van der Waals surface area contributed by atoms with Crippen molar-refractivity contribution < 1.29 is 14.5 Å². The van der Waals surface area contributed by atoms with Crippen LogP contribution in [0.15, 0.2) is 24.3 Å². The van der Waals surface area contributed by atoms with Crippen LogP contribution in [0.1, 0.15) is 29.6 Å². The highest BCUT2D eigenvalue weighted by Gasteiger charge is 2.64. The van der Waals surface area contributed by atoms with Gasteiger partial charge in [-0.1, -0.05) is 0 Å². The van der Waals surface area contributed by atoms with Crippen LogP contribution in [-0.4, -0.2) is 17.0 Å². The molecule has 0 radical (unpaired) electrons. The Morgan fingerprint density at radius 2 is 1.80 bits per heavy atom. The Morgan fingerprint density at radius 3 is 2.35 bits per heavy atom. The Kier molecular flexibility index (Phi) is 2.40. The number of nitrogens with zero attached hydrogens (tertiary/aromatic N) is 1. The third-order valence-electron chi connectivity index (χ3n) is 5.23. The number of hydrogen-bond donors (Lipinski definition) is 0. The molecular weight excluding hydrogens is 258 g/mol. The van der Waals surface area contributed by atoms with E-state index in [-0.39, 0.29) is 17.8 Å². The third-order valence-corrected chi connectivity index (χ3v) is 5.23. The molecule has 0 spiro atoms. The predicted octanol–water partition coefficient (Wildman–Crippen LogP) is 2.80. The van der Waals surface area contributed by atoms with Gasteiger partial charge in [0.2, 0.25) is 0 Å². The van der Waals surface area contributed by atoms with Gasteiger partial charge in [-0.2, -0.15) is 0 Å². The second-order valence-corrected chi connectivity index (χ2v) is 6.14. The van der Waals surface area contributed by atoms with Gasteiger partial charge in [0.1, 0.15) is 6.10 Å². The highest BCUT2D eigenvalue weighted by atomic mass is 16.6. The van der Waals surface area contributed by atoms with Gasteiger partial charge in [0.05, 0.1) is 10.5 Å². The molecule has 1 aromatic rings. The smallest absolute Gasteiger partial charge is 0.338 e. The monoisotopic (exact) mass is 273 g/mol. The predicted molar refractivity (Wildman–Crippen MR) is 70.1 cm³/mol. The molecule has 5 heteroatoms. The van der Waals surface area contributed by atoms with Gasteiger partial charge in [0.15, 0.2) is 0 Å². The zero-order valence-electron chi connectivity index (χ0n) is 10.9. The molecule has 104 valence electrons. The van der Waals surface area contributed by atoms with E-state index in [2.05, 4.69) is 0 Å². The van der Waals surface area contributed by atoms with Crippen LogP contribution < -0.4 is 0 Å². The molecule has 3 fully saturated rings. The van der Waals surface area contributed by atoms with E-state index >= 15 is 0 Å². The lowest BCUT2D eigenvalue weighted by Gasteiger charge is -2.36. The van der Waals surface area contributed by atoms with Crippen molar-refractivity contribution in [3.63, 3.8) is 0 Å². The van der Waals surface area contributed by atoms with Crippen molar-refractivity contribution >= 4 is 11.7 Å². The SMILES string of the molecule is O=C(O[C@@H]1[C@H]2CC[C@H]2[C@@H]2C[C@@H]21)c1ccc([N+](=O)[O-])cc1. The standard InChI is InChI=1S/C15H15NO4/c17-15(8-1-3-9(4-2-8)16(18)19)20-14-11-6-5-10(11)12-7-13(12)14/h1-4,10-14H,5-7H2/t10-,11+,12+,13+,14-/m1/s1. The largest absolute Gasteiger partial charge is 0.458 e. The maximum Gasteiger partial charge on any atom is 0.338 e. The van der Waals surface area contributed by atoms with Crippen molar-refractivity contribution in [1.29, 1.82) is 0 Å². The van der Waals surface area contributed by atoms with Crippen LogP contribution in [0, 0.1) is 33.8 Å². The molecule has 5 atom stereocenters. The summed E-state index contributed by atoms with van der Waals surface area (Å²) < 4.78 is 5.68. The lowest BCUT2D eigenvalue weighted by Crippen LogP contribution is -2.35. The Morgan fingerprint density at radius 1 is 1.10 bits per heavy atom. The normalized spacial score (nSPS) is 36.5. The van der Waals surface area contributed by atoms with Crippen molar-refractivity contribution in [2.75, 3.05) is 0 Å². The van der Waals surface area contributed by atoms with E-state index in [0.29, 0.717) is 17.4 Å². The summed E-state index contributed by atoms with van der Waals surface area (Å²) in [6.07, 6.45) is 3.76. The Hall–Kier alpha value is -1.91. The topological polar surface area (TPSA) is 69.4 Å². The first-order valence-corrected chi connectivity index (χ1v) is 7.10. The second-order valence-electron chi connectivity index (χ2n) is 6.14. The molecule has 0 heterocycles. The highest BCUT2D eigenvalue weighted by Crippen LogP contribution is 2.66. The quantitative estimate of drug-likeness (QED) is 0.482. The molecule has 1 aromatic carbocycles. The number of non-ortho nitro benzene ring substituents is 1. The zero-order chi connectivity index (χ0) is 13.9. The van der Waals surface area contributed by atoms with E-state index in [0.717, 1.165) is 11.8 Å². The number of hydrogen-bond acceptors (Lipinski definition) is 4. The van der Waals surface area contributed by atoms with Crippen molar-refractivity contribution in [3.8, 4) is 0 Å². The van der Waals surface area contributed by atoms with E-state index in [9.17, 15) is 14.9 Å². The fourth-order valence-corrected chi connectivity index (χ4v) is 4.00. The number of ether oxygens (including phenoxy) is 1. The first-order chi connectivity index (χ1) is 9.65. The molecule has 0 bridgehead atoms. The molecule has 5 nitrogen and oxygen atoms in total. The van der Waals surface area contributed by atoms with Crippen molar-refractivity contribution in [3.05, 3.63) is 39.9 Å². The molecule has 0 N–H and O–H groups in total. The molecule has 4 rings (SSSR count). The van der Waals surface area contributed by atoms with Gasteiger partial charge in [-0.05, 0) is 55.1 Å². The lowest BCUT2D eigenvalue weighted by atomic mass is 9.72. The summed E-state index contributed by atoms with van der Waals surface area (Å²) in [7, 11) is 0. The van der Waals surface area contributed by atoms with Gasteiger partial charge in [0.25, 0.3) is 5.69 Å². The highest BCUT2D eigenvalue weighted by molar-refractivity contribution is 5.89. The fraction of sp³-hybridized carbons (Fsp3) is 0.533. The summed E-state index contributed by atoms with van der Waals surface area (Å²) in [4.78, 5) is 22.2. The van der Waals surface area contributed by atoms with Crippen LogP contribution in [0.5, 0.6) is 0 Å². The first kappa shape index (κ1) is 11.9. The van der Waals surface area contributed by atoms with Crippen LogP contribution in [0.25, 0.3) is 0 Å². The minimum atomic E-state index is -0.472. The van der Waals surface area contributed by atoms with Crippen LogP contribution in [0.3, 0.4) is 0 Å². The summed E-state index contributed by atoms with van der Waals surface area (Å²) in [5.74, 6) is 2.39. The average molecular weight is 273 g/mol. The van der Waals surface area contributed by atoms with Gasteiger partial charge in [-0.15, -0.1) is 0 Å². The zero-order valence-corrected chi connectivity index (χ0v) is 10.9. The van der Waals surface area contributed by atoms with Crippen LogP contribution in [0.4, 0.5) is 5.69 Å². The van der Waals surface area contributed by atoms with Gasteiger partial charge in [-0.25, -0.2) is 4.79 Å². The summed E-state index contributed by atoms with van der Waals surface area (Å²) in [6.45, 7) is 0. The third kappa shape index (κ3) is 1.65. The molecule has 20 heavy (non-hydrogen) atoms. The molecule has 0 aromatic heterocycles. The van der Waals surface area contributed by atoms with Crippen molar-refractivity contribution in [2.24, 2.45) is 23.7 Å². The van der Waals surface area contributed by atoms with E-state index < -0.39 is 4.92 Å². The maximum atomic E-state index is 12.1. The van der Waals surface area contributed by atoms with Crippen molar-refractivity contribution in [2.45, 2.75) is 25.4 Å². The lowest BCUT2D eigenvalue weighted by molar-refractivity contribution is -0.384. The summed E-state index contributed by atoms with van der Waals surface area (Å²) >= 11 is 0. The summed E-state index contributed by atoms with van der Waals surface area (Å²) in [5, 5.41) is 10.6. The maximum absolute atomic E-state index is 12.1. The fourth-order valence-electron chi connectivity index (χ4n) is 4.00. The summed E-state index contributed by atoms with van der Waals surface area (Å²) in [6, 6.07) is 5.63. The Balaban J connectivity index is 1.46. The Labute approximate surface area is 116 Å². The van der Waals surface area contributed by atoms with E-state index in [4.69, 9.17) is 4.74 Å². The number of carbonyl (C=O) groups is 1. The number of benzene rings is 1. The molecule has 3 aliphatic rings. The molecule has 0 saturated heterocycles. The second kappa shape index (κ2) is 4.04. The molecular formula is C15H15NO4. The first-order valence-electron chi connectivity index (χ1n) is 7.10. The van der Waals surface area contributed by atoms with Gasteiger partial charge in [0, 0.05) is 12.1 Å². The van der Waals surface area contributed by atoms with Crippen LogP contribution in [0.2, 0.25) is 0 Å². The Bertz CT molecular complexity index is 582. The molecule has 0 unspecified atom stereocenters. The number of fused-ring (bicyclic) bond motifs is 3. The minimum Gasteiger partial charge on any atom is -0.458 e. The molecule has 3 aliphatic carbocycles. The van der Waals surface area contributed by atoms with E-state index in [1.165, 1.54) is 43.5 Å². The van der Waals surface area contributed by atoms with Gasteiger partial charge in [-0.3, -0.25) is 10.1 Å². The van der Waals surface area contributed by atoms with Crippen LogP contribution >= 0.6 is 0 Å². The average Bonchev–Trinajstić information content (AvgIpc) is 3.12. The minimum absolute atomic E-state index is 0.0104. The van der Waals surface area contributed by atoms with Crippen LogP contribution in [-0.2, 0) is 4.74 Å².